The molecule has 21 heavy (non-hydrogen) atoms. The summed E-state index contributed by atoms with van der Waals surface area (Å²) in [6.45, 7) is 1.54. The highest BCUT2D eigenvalue weighted by Crippen LogP contribution is 2.18. The molecule has 0 saturated carbocycles. The third-order valence-electron chi connectivity index (χ3n) is 3.86. The van der Waals surface area contributed by atoms with Gasteiger partial charge in [-0.2, -0.15) is 9.90 Å². The summed E-state index contributed by atoms with van der Waals surface area (Å²) in [6.07, 6.45) is 3.19. The summed E-state index contributed by atoms with van der Waals surface area (Å²) < 4.78 is 0. The van der Waals surface area contributed by atoms with Crippen LogP contribution in [0.15, 0.2) is 36.5 Å². The number of amides is 1. The molecule has 1 aliphatic rings. The summed E-state index contributed by atoms with van der Waals surface area (Å²) in [4.78, 5) is 15.6. The Morgan fingerprint density at radius 1 is 1.24 bits per heavy atom. The zero-order valence-electron chi connectivity index (χ0n) is 11.7. The molecule has 1 aromatic carbocycles. The normalized spacial score (nSPS) is 16.1. The first-order valence-electron chi connectivity index (χ1n) is 7.16. The van der Waals surface area contributed by atoms with Crippen LogP contribution >= 0.6 is 0 Å². The molecule has 6 nitrogen and oxygen atoms in total. The number of nitrogens with zero attached hydrogens (tertiary/aromatic N) is 4. The molecule has 0 atom stereocenters. The molecule has 0 unspecified atom stereocenters. The van der Waals surface area contributed by atoms with Crippen LogP contribution in [0.3, 0.4) is 0 Å². The Balaban J connectivity index is 1.70. The van der Waals surface area contributed by atoms with E-state index in [4.69, 9.17) is 5.11 Å². The monoisotopic (exact) mass is 286 g/mol. The third-order valence-corrected chi connectivity index (χ3v) is 3.86. The summed E-state index contributed by atoms with van der Waals surface area (Å²) in [5, 5.41) is 17.5. The highest BCUT2D eigenvalue weighted by atomic mass is 16.3. The van der Waals surface area contributed by atoms with E-state index in [0.717, 1.165) is 18.5 Å². The van der Waals surface area contributed by atoms with Crippen LogP contribution in [0.5, 0.6) is 0 Å². The van der Waals surface area contributed by atoms with Crippen molar-refractivity contribution in [2.24, 2.45) is 5.92 Å². The number of aliphatic hydroxyl groups is 1. The lowest BCUT2D eigenvalue weighted by molar-refractivity contribution is 0.0644. The number of hydrogen-bond donors (Lipinski definition) is 1. The molecule has 0 radical (unpaired) electrons. The van der Waals surface area contributed by atoms with Crippen LogP contribution in [-0.4, -0.2) is 50.6 Å². The molecule has 1 saturated heterocycles. The Hall–Kier alpha value is -2.21. The van der Waals surface area contributed by atoms with E-state index in [0.29, 0.717) is 24.7 Å². The summed E-state index contributed by atoms with van der Waals surface area (Å²) in [6, 6.07) is 9.51. The largest absolute Gasteiger partial charge is 0.396 e. The first kappa shape index (κ1) is 13.8. The zero-order chi connectivity index (χ0) is 14.7. The number of aromatic nitrogens is 3. The Bertz CT molecular complexity index is 603. The highest BCUT2D eigenvalue weighted by Gasteiger charge is 2.24. The first-order chi connectivity index (χ1) is 10.3. The molecule has 1 aromatic heterocycles. The fraction of sp³-hybridized carbons (Fsp3) is 0.400. The van der Waals surface area contributed by atoms with Gasteiger partial charge in [-0.05, 0) is 30.9 Å². The topological polar surface area (TPSA) is 71.2 Å². The van der Waals surface area contributed by atoms with Crippen molar-refractivity contribution in [3.8, 4) is 5.69 Å². The molecule has 0 spiro atoms. The summed E-state index contributed by atoms with van der Waals surface area (Å²) in [5.41, 5.74) is 1.19. The van der Waals surface area contributed by atoms with Crippen molar-refractivity contribution >= 4 is 5.91 Å². The molecule has 0 bridgehead atoms. The van der Waals surface area contributed by atoms with Crippen molar-refractivity contribution in [2.45, 2.75) is 12.8 Å². The van der Waals surface area contributed by atoms with E-state index < -0.39 is 0 Å². The van der Waals surface area contributed by atoms with E-state index in [1.54, 1.807) is 4.90 Å². The van der Waals surface area contributed by atoms with Gasteiger partial charge in [0.05, 0.1) is 11.9 Å². The number of likely N-dealkylation sites (tertiary alicyclic amines) is 1. The van der Waals surface area contributed by atoms with Gasteiger partial charge in [-0.1, -0.05) is 18.2 Å². The molecule has 110 valence electrons. The molecule has 1 N–H and O–H groups in total. The van der Waals surface area contributed by atoms with Gasteiger partial charge in [0, 0.05) is 19.7 Å². The predicted molar refractivity (Wildman–Crippen MR) is 77.1 cm³/mol. The number of hydrogen-bond acceptors (Lipinski definition) is 4. The number of para-hydroxylation sites is 1. The molecule has 2 heterocycles. The number of carbonyl (C=O) groups excluding carboxylic acids is 1. The van der Waals surface area contributed by atoms with Crippen molar-refractivity contribution in [3.05, 3.63) is 42.2 Å². The smallest absolute Gasteiger partial charge is 0.276 e. The average molecular weight is 286 g/mol. The maximum atomic E-state index is 12.4. The van der Waals surface area contributed by atoms with Crippen LogP contribution in [0.1, 0.15) is 23.3 Å². The lowest BCUT2D eigenvalue weighted by Crippen LogP contribution is -2.39. The number of rotatable bonds is 3. The van der Waals surface area contributed by atoms with Crippen molar-refractivity contribution in [2.75, 3.05) is 19.7 Å². The Labute approximate surface area is 123 Å². The fourth-order valence-electron chi connectivity index (χ4n) is 2.53. The van der Waals surface area contributed by atoms with Crippen LogP contribution in [0.25, 0.3) is 5.69 Å². The van der Waals surface area contributed by atoms with Crippen LogP contribution in [0.4, 0.5) is 0 Å². The number of aliphatic hydroxyl groups excluding tert-OH is 1. The van der Waals surface area contributed by atoms with Crippen molar-refractivity contribution in [3.63, 3.8) is 0 Å². The van der Waals surface area contributed by atoms with Gasteiger partial charge in [0.15, 0.2) is 5.69 Å². The minimum atomic E-state index is -0.0893. The van der Waals surface area contributed by atoms with Gasteiger partial charge in [-0.3, -0.25) is 4.79 Å². The van der Waals surface area contributed by atoms with Gasteiger partial charge in [-0.15, -0.1) is 5.10 Å². The summed E-state index contributed by atoms with van der Waals surface area (Å²) in [5.74, 6) is 0.225. The predicted octanol–water partition coefficient (Wildman–Crippen LogP) is 1.11. The van der Waals surface area contributed by atoms with Gasteiger partial charge >= 0.3 is 0 Å². The zero-order valence-corrected chi connectivity index (χ0v) is 11.7. The second-order valence-corrected chi connectivity index (χ2v) is 5.27. The van der Waals surface area contributed by atoms with Gasteiger partial charge < -0.3 is 10.0 Å². The van der Waals surface area contributed by atoms with Crippen LogP contribution in [0.2, 0.25) is 0 Å². The van der Waals surface area contributed by atoms with Crippen molar-refractivity contribution in [1.29, 1.82) is 0 Å². The minimum Gasteiger partial charge on any atom is -0.396 e. The van der Waals surface area contributed by atoms with Gasteiger partial charge in [0.2, 0.25) is 0 Å². The molecule has 1 aliphatic heterocycles. The molecular weight excluding hydrogens is 268 g/mol. The van der Waals surface area contributed by atoms with Crippen LogP contribution < -0.4 is 0 Å². The SMILES string of the molecule is O=C(c1cnn(-c2ccccc2)n1)N1CCC(CO)CC1. The lowest BCUT2D eigenvalue weighted by atomic mass is 9.98. The van der Waals surface area contributed by atoms with E-state index in [1.165, 1.54) is 11.0 Å². The fourth-order valence-corrected chi connectivity index (χ4v) is 2.53. The average Bonchev–Trinajstić information content (AvgIpc) is 3.05. The molecule has 3 rings (SSSR count). The number of piperidine rings is 1. The van der Waals surface area contributed by atoms with Gasteiger partial charge in [0.25, 0.3) is 5.91 Å². The maximum Gasteiger partial charge on any atom is 0.276 e. The molecule has 6 heteroatoms. The van der Waals surface area contributed by atoms with E-state index in [9.17, 15) is 4.79 Å². The molecule has 0 aliphatic carbocycles. The third kappa shape index (κ3) is 2.95. The molecule has 2 aromatic rings. The maximum absolute atomic E-state index is 12.4. The van der Waals surface area contributed by atoms with E-state index >= 15 is 0 Å². The van der Waals surface area contributed by atoms with E-state index in [2.05, 4.69) is 10.2 Å². The van der Waals surface area contributed by atoms with Crippen LogP contribution in [-0.2, 0) is 0 Å². The van der Waals surface area contributed by atoms with E-state index in [1.807, 2.05) is 30.3 Å². The second kappa shape index (κ2) is 6.05. The molecule has 1 fully saturated rings. The lowest BCUT2D eigenvalue weighted by Gasteiger charge is -2.30. The number of benzene rings is 1. The molecule has 1 amide bonds. The van der Waals surface area contributed by atoms with Gasteiger partial charge in [-0.25, -0.2) is 0 Å². The second-order valence-electron chi connectivity index (χ2n) is 5.27. The number of carbonyl (C=O) groups is 1. The summed E-state index contributed by atoms with van der Waals surface area (Å²) >= 11 is 0. The Morgan fingerprint density at radius 3 is 2.62 bits per heavy atom. The standard InChI is InChI=1S/C15H18N4O2/c20-11-12-6-8-18(9-7-12)15(21)14-10-16-19(17-14)13-4-2-1-3-5-13/h1-5,10,12,20H,6-9,11H2. The van der Waals surface area contributed by atoms with E-state index in [-0.39, 0.29) is 12.5 Å². The van der Waals surface area contributed by atoms with Gasteiger partial charge in [0.1, 0.15) is 0 Å². The Kier molecular flexibility index (Phi) is 3.96. The van der Waals surface area contributed by atoms with Crippen molar-refractivity contribution in [1.82, 2.24) is 19.9 Å². The van der Waals surface area contributed by atoms with Crippen LogP contribution in [0, 0.1) is 5.92 Å². The summed E-state index contributed by atoms with van der Waals surface area (Å²) in [7, 11) is 0. The van der Waals surface area contributed by atoms with Crippen molar-refractivity contribution < 1.29 is 9.90 Å². The molecular formula is C15H18N4O2. The quantitative estimate of drug-likeness (QED) is 0.917. The Morgan fingerprint density at radius 2 is 1.95 bits per heavy atom. The highest BCUT2D eigenvalue weighted by molar-refractivity contribution is 5.92. The minimum absolute atomic E-state index is 0.0893. The first-order valence-corrected chi connectivity index (χ1v) is 7.16.